The standard InChI is InChI=1S/CH4.H3N.H2O5S2/c;;1-6(2)7(3,4)5/h1H4;1H3;(H,1,2)(H,3,4,5). The molecule has 0 aliphatic carbocycles. The van der Waals surface area contributed by atoms with Crippen molar-refractivity contribution in [2.24, 2.45) is 0 Å². The predicted octanol–water partition coefficient (Wildman–Crippen LogP) is -0.191. The molecule has 0 radical (unpaired) electrons. The molecule has 0 aromatic rings. The van der Waals surface area contributed by atoms with Crippen LogP contribution in [0.2, 0.25) is 0 Å². The Kier molecular flexibility index (Phi) is 8.57. The van der Waals surface area contributed by atoms with Gasteiger partial charge in [-0.1, -0.05) is 7.43 Å². The molecule has 8 heteroatoms. The summed E-state index contributed by atoms with van der Waals surface area (Å²) in [4.78, 5) is 0. The maximum Gasteiger partial charge on any atom is 0.373 e. The van der Waals surface area contributed by atoms with Crippen LogP contribution < -0.4 is 6.15 Å². The van der Waals surface area contributed by atoms with Crippen molar-refractivity contribution in [2.45, 2.75) is 7.43 Å². The summed E-state index contributed by atoms with van der Waals surface area (Å²) in [5.41, 5.74) is 0. The molecule has 60 valence electrons. The van der Waals surface area contributed by atoms with Crippen LogP contribution in [0.1, 0.15) is 7.43 Å². The van der Waals surface area contributed by atoms with Gasteiger partial charge in [-0.05, 0) is 0 Å². The summed E-state index contributed by atoms with van der Waals surface area (Å²) in [5, 5.41) is 0. The summed E-state index contributed by atoms with van der Waals surface area (Å²) < 4.78 is 43.0. The quantitative estimate of drug-likeness (QED) is 0.291. The topological polar surface area (TPSA) is 127 Å². The van der Waals surface area contributed by atoms with Crippen molar-refractivity contribution in [1.29, 1.82) is 0 Å². The molecule has 9 heavy (non-hydrogen) atoms. The van der Waals surface area contributed by atoms with Crippen LogP contribution >= 0.6 is 0 Å². The van der Waals surface area contributed by atoms with Crippen molar-refractivity contribution in [2.75, 3.05) is 0 Å². The maximum absolute atomic E-state index is 9.34. The lowest BCUT2D eigenvalue weighted by Crippen LogP contribution is -2.03. The molecule has 0 saturated carbocycles. The molecule has 1 atom stereocenters. The van der Waals surface area contributed by atoms with Gasteiger partial charge in [-0.2, -0.15) is 8.42 Å². The number of hydrogen-bond donors (Lipinski definition) is 3. The Labute approximate surface area is 55.3 Å². The summed E-state index contributed by atoms with van der Waals surface area (Å²) in [6.07, 6.45) is 0. The fourth-order valence-electron chi connectivity index (χ4n) is 0. The highest BCUT2D eigenvalue weighted by molar-refractivity contribution is 8.59. The van der Waals surface area contributed by atoms with Gasteiger partial charge < -0.3 is 6.15 Å². The highest BCUT2D eigenvalue weighted by Gasteiger charge is 2.10. The summed E-state index contributed by atoms with van der Waals surface area (Å²) in [6, 6.07) is 0. The molecule has 1 unspecified atom stereocenters. The van der Waals surface area contributed by atoms with Gasteiger partial charge in [0.1, 0.15) is 0 Å². The Bertz CT molecular complexity index is 169. The van der Waals surface area contributed by atoms with E-state index in [0.29, 0.717) is 0 Å². The van der Waals surface area contributed by atoms with E-state index in [1.165, 1.54) is 0 Å². The summed E-state index contributed by atoms with van der Waals surface area (Å²) >= 11 is 0. The minimum atomic E-state index is -4.71. The van der Waals surface area contributed by atoms with Crippen LogP contribution in [0.4, 0.5) is 0 Å². The Morgan fingerprint density at radius 1 is 1.33 bits per heavy atom. The van der Waals surface area contributed by atoms with Gasteiger partial charge in [0, 0.05) is 0 Å². The molecule has 0 aliphatic heterocycles. The molecule has 0 aromatic heterocycles. The number of rotatable bonds is 1. The second kappa shape index (κ2) is 4.82. The first-order chi connectivity index (χ1) is 2.94. The molecule has 0 bridgehead atoms. The van der Waals surface area contributed by atoms with Crippen molar-refractivity contribution in [1.82, 2.24) is 6.15 Å². The van der Waals surface area contributed by atoms with Gasteiger partial charge in [0.2, 0.25) is 0 Å². The second-order valence-corrected chi connectivity index (χ2v) is 4.05. The van der Waals surface area contributed by atoms with Gasteiger partial charge in [-0.3, -0.25) is 9.11 Å². The third-order valence-corrected chi connectivity index (χ3v) is 1.62. The predicted molar refractivity (Wildman–Crippen MR) is 34.1 cm³/mol. The van der Waals surface area contributed by atoms with Gasteiger partial charge in [-0.15, -0.1) is 0 Å². The van der Waals surface area contributed by atoms with Crippen LogP contribution in [0.15, 0.2) is 0 Å². The van der Waals surface area contributed by atoms with Crippen LogP contribution in [0.25, 0.3) is 0 Å². The van der Waals surface area contributed by atoms with E-state index >= 15 is 0 Å². The van der Waals surface area contributed by atoms with E-state index in [0.717, 1.165) is 0 Å². The van der Waals surface area contributed by atoms with Crippen LogP contribution in [-0.2, 0) is 19.3 Å². The fraction of sp³-hybridized carbons (Fsp3) is 1.00. The van der Waals surface area contributed by atoms with Crippen LogP contribution in [0, 0.1) is 0 Å². The van der Waals surface area contributed by atoms with E-state index in [-0.39, 0.29) is 13.6 Å². The molecule has 0 aromatic carbocycles. The average molecular weight is 179 g/mol. The molecule has 0 amide bonds. The van der Waals surface area contributed by atoms with Gasteiger partial charge >= 0.3 is 19.3 Å². The zero-order valence-electron chi connectivity index (χ0n) is 3.64. The largest absolute Gasteiger partial charge is 0.373 e. The molecule has 6 nitrogen and oxygen atoms in total. The first-order valence-electron chi connectivity index (χ1n) is 1.03. The average Bonchev–Trinajstić information content (AvgIpc) is 1.31. The Hall–Kier alpha value is -0.0200. The van der Waals surface area contributed by atoms with Crippen molar-refractivity contribution in [3.63, 3.8) is 0 Å². The molecule has 0 saturated heterocycles. The Balaban J connectivity index is -0.000000180. The zero-order chi connectivity index (χ0) is 6.08. The Morgan fingerprint density at radius 2 is 1.44 bits per heavy atom. The SMILES string of the molecule is C.N.O=S(O)S(=O)(=O)O. The van der Waals surface area contributed by atoms with Gasteiger partial charge in [-0.25, -0.2) is 4.21 Å². The minimum absolute atomic E-state index is 0. The second-order valence-electron chi connectivity index (χ2n) is 0.645. The lowest BCUT2D eigenvalue weighted by molar-refractivity contribution is 0.488. The molecule has 0 rings (SSSR count). The lowest BCUT2D eigenvalue weighted by Gasteiger charge is -1.80. The van der Waals surface area contributed by atoms with E-state index in [1.807, 2.05) is 0 Å². The highest BCUT2D eigenvalue weighted by Crippen LogP contribution is 1.83. The van der Waals surface area contributed by atoms with Gasteiger partial charge in [0.15, 0.2) is 0 Å². The van der Waals surface area contributed by atoms with E-state index in [9.17, 15) is 12.6 Å². The monoisotopic (exact) mass is 179 g/mol. The molecule has 0 spiro atoms. The minimum Gasteiger partial charge on any atom is -0.344 e. The van der Waals surface area contributed by atoms with E-state index in [2.05, 4.69) is 0 Å². The Morgan fingerprint density at radius 3 is 1.44 bits per heavy atom. The summed E-state index contributed by atoms with van der Waals surface area (Å²) in [5.74, 6) is 0. The smallest absolute Gasteiger partial charge is 0.344 e. The van der Waals surface area contributed by atoms with Crippen molar-refractivity contribution in [3.8, 4) is 0 Å². The maximum atomic E-state index is 9.34. The lowest BCUT2D eigenvalue weighted by atomic mass is 12.0. The van der Waals surface area contributed by atoms with E-state index in [1.54, 1.807) is 0 Å². The summed E-state index contributed by atoms with van der Waals surface area (Å²) in [6.45, 7) is 0. The first kappa shape index (κ1) is 16.0. The molecule has 0 heterocycles. The third kappa shape index (κ3) is 7.98. The van der Waals surface area contributed by atoms with E-state index in [4.69, 9.17) is 9.11 Å². The summed E-state index contributed by atoms with van der Waals surface area (Å²) in [7, 11) is -7.87. The molecular weight excluding hydrogens is 170 g/mol. The first-order valence-corrected chi connectivity index (χ1v) is 4.10. The van der Waals surface area contributed by atoms with Crippen LogP contribution in [-0.4, -0.2) is 21.7 Å². The van der Waals surface area contributed by atoms with E-state index < -0.39 is 19.3 Å². The molecule has 0 fully saturated rings. The van der Waals surface area contributed by atoms with Crippen LogP contribution in [0.3, 0.4) is 0 Å². The molecule has 5 N–H and O–H groups in total. The van der Waals surface area contributed by atoms with Gasteiger partial charge in [0.05, 0.1) is 0 Å². The third-order valence-electron chi connectivity index (χ3n) is 0.180. The fourth-order valence-corrected chi connectivity index (χ4v) is 0. The molecular formula is CH9NO5S2. The van der Waals surface area contributed by atoms with Gasteiger partial charge in [0.25, 0.3) is 0 Å². The highest BCUT2D eigenvalue weighted by atomic mass is 33.2. The number of hydrogen-bond acceptors (Lipinski definition) is 4. The van der Waals surface area contributed by atoms with Crippen molar-refractivity contribution < 1.29 is 21.7 Å². The zero-order valence-corrected chi connectivity index (χ0v) is 5.28. The normalized spacial score (nSPS) is 12.7. The van der Waals surface area contributed by atoms with Crippen molar-refractivity contribution in [3.05, 3.63) is 0 Å². The van der Waals surface area contributed by atoms with Crippen LogP contribution in [0.5, 0.6) is 0 Å². The molecule has 0 aliphatic rings. The van der Waals surface area contributed by atoms with Crippen molar-refractivity contribution >= 4 is 19.3 Å².